The van der Waals surface area contributed by atoms with Gasteiger partial charge in [-0.3, -0.25) is 0 Å². The number of rotatable bonds is 4. The van der Waals surface area contributed by atoms with E-state index in [0.717, 1.165) is 43.1 Å². The van der Waals surface area contributed by atoms with E-state index in [2.05, 4.69) is 13.8 Å². The van der Waals surface area contributed by atoms with E-state index < -0.39 is 0 Å². The van der Waals surface area contributed by atoms with Crippen molar-refractivity contribution in [2.45, 2.75) is 39.5 Å². The summed E-state index contributed by atoms with van der Waals surface area (Å²) in [4.78, 5) is 0. The molecule has 0 amide bonds. The molecule has 0 aromatic carbocycles. The zero-order valence-corrected chi connectivity index (χ0v) is 9.39. The Kier molecular flexibility index (Phi) is 45.7. The van der Waals surface area contributed by atoms with Gasteiger partial charge in [0.15, 0.2) is 0 Å². The minimum atomic E-state index is 0.344. The van der Waals surface area contributed by atoms with Crippen LogP contribution in [-0.4, -0.2) is 23.4 Å². The van der Waals surface area contributed by atoms with Crippen LogP contribution in [0.25, 0.3) is 0 Å². The Morgan fingerprint density at radius 2 is 1.17 bits per heavy atom. The summed E-state index contributed by atoms with van der Waals surface area (Å²) in [6.45, 7) is 4.79. The molecule has 2 N–H and O–H groups in total. The average Bonchev–Trinajstić information content (AvgIpc) is 2.12. The minimum absolute atomic E-state index is 0.344. The van der Waals surface area contributed by atoms with Crippen molar-refractivity contribution in [1.82, 2.24) is 0 Å². The van der Waals surface area contributed by atoms with Gasteiger partial charge in [0.1, 0.15) is 0 Å². The van der Waals surface area contributed by atoms with Gasteiger partial charge in [-0.1, -0.05) is 26.7 Å². The Hall–Kier alpha value is 0.304. The summed E-state index contributed by atoms with van der Waals surface area (Å²) < 4.78 is 8.19. The van der Waals surface area contributed by atoms with Crippen LogP contribution in [0.5, 0.6) is 0 Å². The molecule has 0 aliphatic rings. The third-order valence-electron chi connectivity index (χ3n) is 1.02. The summed E-state index contributed by atoms with van der Waals surface area (Å²) in [6.07, 6.45) is 4.08. The molecule has 4 heteroatoms. The number of hydrogen-bond acceptors (Lipinski definition) is 3. The molecule has 0 aliphatic carbocycles. The monoisotopic (exact) mass is 215 g/mol. The molecule has 12 heavy (non-hydrogen) atoms. The molecule has 0 spiro atoms. The van der Waals surface area contributed by atoms with Crippen molar-refractivity contribution in [3.8, 4) is 0 Å². The van der Waals surface area contributed by atoms with Crippen molar-refractivity contribution in [2.75, 3.05) is 13.2 Å². The molecule has 0 aromatic heterocycles. The normalized spacial score (nSPS) is 7.25. The van der Waals surface area contributed by atoms with Crippen LogP contribution in [0, 0.1) is 0 Å². The van der Waals surface area contributed by atoms with Gasteiger partial charge in [0.2, 0.25) is 0 Å². The quantitative estimate of drug-likeness (QED) is 0.746. The number of aliphatic hydroxyl groups excluding tert-OH is 2. The van der Waals surface area contributed by atoms with Crippen LogP contribution in [0.1, 0.15) is 39.5 Å². The second-order valence-electron chi connectivity index (χ2n) is 2.15. The van der Waals surface area contributed by atoms with E-state index in [1.54, 1.807) is 0 Å². The van der Waals surface area contributed by atoms with E-state index in [-0.39, 0.29) is 0 Å². The molecular weight excluding hydrogens is 195 g/mol. The zero-order valence-electron chi connectivity index (χ0n) is 7.99. The summed E-state index contributed by atoms with van der Waals surface area (Å²) in [7, 11) is 0. The molecule has 75 valence electrons. The number of hydrogen-bond donors (Lipinski definition) is 2. The summed E-state index contributed by atoms with van der Waals surface area (Å²) in [5.41, 5.74) is 0. The molecule has 0 aromatic rings. The van der Waals surface area contributed by atoms with Gasteiger partial charge in [0, 0.05) is 13.2 Å². The standard InChI is InChI=1S/2C4H10O.O.V/c2*1-2-3-4-5;;/h2*5H,2-4H2,1H3;;. The van der Waals surface area contributed by atoms with E-state index in [0.29, 0.717) is 13.2 Å². The first-order chi connectivity index (χ1) is 5.83. The van der Waals surface area contributed by atoms with Crippen LogP contribution in [0.15, 0.2) is 0 Å². The van der Waals surface area contributed by atoms with Crippen molar-refractivity contribution in [2.24, 2.45) is 0 Å². The van der Waals surface area contributed by atoms with Crippen molar-refractivity contribution in [1.29, 1.82) is 0 Å². The Balaban J connectivity index is -0.000000112. The molecule has 0 saturated carbocycles. The van der Waals surface area contributed by atoms with E-state index in [1.165, 1.54) is 0 Å². The fourth-order valence-corrected chi connectivity index (χ4v) is 0.316. The molecule has 0 unspecified atom stereocenters. The third-order valence-corrected chi connectivity index (χ3v) is 1.02. The first kappa shape index (κ1) is 18.2. The third kappa shape index (κ3) is 48.1. The molecule has 0 saturated heterocycles. The van der Waals surface area contributed by atoms with E-state index >= 15 is 0 Å². The molecule has 0 aliphatic heterocycles. The van der Waals surface area contributed by atoms with Crippen molar-refractivity contribution >= 4 is 0 Å². The van der Waals surface area contributed by atoms with Gasteiger partial charge < -0.3 is 10.2 Å². The zero-order chi connectivity index (χ0) is 10.2. The van der Waals surface area contributed by atoms with E-state index in [9.17, 15) is 0 Å². The maximum atomic E-state index is 8.19. The van der Waals surface area contributed by atoms with Crippen LogP contribution >= 0.6 is 0 Å². The summed E-state index contributed by atoms with van der Waals surface area (Å²) in [5, 5.41) is 16.1. The van der Waals surface area contributed by atoms with Gasteiger partial charge in [-0.2, -0.15) is 0 Å². The first-order valence-electron chi connectivity index (χ1n) is 4.23. The second-order valence-corrected chi connectivity index (χ2v) is 2.15. The van der Waals surface area contributed by atoms with Gasteiger partial charge in [0.25, 0.3) is 0 Å². The molecule has 0 radical (unpaired) electrons. The number of aliphatic hydroxyl groups is 2. The summed E-state index contributed by atoms with van der Waals surface area (Å²) in [5.74, 6) is 0. The Bertz CT molecular complexity index is 43.6. The molecule has 3 nitrogen and oxygen atoms in total. The van der Waals surface area contributed by atoms with Crippen LogP contribution < -0.4 is 0 Å². The molecule has 0 fully saturated rings. The van der Waals surface area contributed by atoms with Crippen LogP contribution in [0.4, 0.5) is 0 Å². The average molecular weight is 215 g/mol. The fourth-order valence-electron chi connectivity index (χ4n) is 0.316. The van der Waals surface area contributed by atoms with Gasteiger partial charge >= 0.3 is 21.0 Å². The predicted molar refractivity (Wildman–Crippen MR) is 44.7 cm³/mol. The second kappa shape index (κ2) is 30.2. The van der Waals surface area contributed by atoms with Crippen LogP contribution in [-0.2, 0) is 21.0 Å². The topological polar surface area (TPSA) is 57.5 Å². The maximum absolute atomic E-state index is 8.19. The predicted octanol–water partition coefficient (Wildman–Crippen LogP) is 1.44. The number of unbranched alkanes of at least 4 members (excludes halogenated alkanes) is 2. The van der Waals surface area contributed by atoms with Gasteiger partial charge in [-0.25, -0.2) is 0 Å². The Morgan fingerprint density at radius 1 is 0.917 bits per heavy atom. The van der Waals surface area contributed by atoms with Crippen LogP contribution in [0.3, 0.4) is 0 Å². The van der Waals surface area contributed by atoms with Crippen molar-refractivity contribution in [3.63, 3.8) is 0 Å². The van der Waals surface area contributed by atoms with Gasteiger partial charge in [-0.05, 0) is 12.8 Å². The first-order valence-corrected chi connectivity index (χ1v) is 4.80. The molecule has 0 bridgehead atoms. The molecule has 0 atom stereocenters. The van der Waals surface area contributed by atoms with E-state index in [4.69, 9.17) is 13.9 Å². The van der Waals surface area contributed by atoms with Crippen molar-refractivity contribution in [3.05, 3.63) is 0 Å². The van der Waals surface area contributed by atoms with Gasteiger partial charge in [-0.15, -0.1) is 0 Å². The SMILES string of the molecule is CCCCO.CCCCO.[O]=[V]. The van der Waals surface area contributed by atoms with Crippen molar-refractivity contribution < 1.29 is 31.3 Å². The van der Waals surface area contributed by atoms with Gasteiger partial charge in [0.05, 0.1) is 0 Å². The van der Waals surface area contributed by atoms with Crippen LogP contribution in [0.2, 0.25) is 0 Å². The molecular formula is C8H20O3V. The molecule has 0 heterocycles. The Morgan fingerprint density at radius 3 is 1.17 bits per heavy atom. The summed E-state index contributed by atoms with van der Waals surface area (Å²) >= 11 is 1.06. The Labute approximate surface area is 84.4 Å². The summed E-state index contributed by atoms with van der Waals surface area (Å²) in [6, 6.07) is 0. The molecule has 0 rings (SSSR count). The fraction of sp³-hybridized carbons (Fsp3) is 1.00. The van der Waals surface area contributed by atoms with E-state index in [1.807, 2.05) is 0 Å².